The first-order chi connectivity index (χ1) is 8.29. The summed E-state index contributed by atoms with van der Waals surface area (Å²) in [5.41, 5.74) is -0.438. The first kappa shape index (κ1) is 15.8. The lowest BCUT2D eigenvalue weighted by atomic mass is 10.1. The monoisotopic (exact) mass is 267 g/mol. The zero-order chi connectivity index (χ0) is 13.8. The fourth-order valence-corrected chi connectivity index (χ4v) is 2.14. The Kier molecular flexibility index (Phi) is 5.91. The summed E-state index contributed by atoms with van der Waals surface area (Å²) in [6, 6.07) is 0.0427. The van der Waals surface area contributed by atoms with Crippen LogP contribution in [0.2, 0.25) is 0 Å². The molecule has 1 heterocycles. The summed E-state index contributed by atoms with van der Waals surface area (Å²) in [6.45, 7) is 3.58. The zero-order valence-electron chi connectivity index (χ0n) is 11.2. The van der Waals surface area contributed by atoms with Crippen molar-refractivity contribution in [3.63, 3.8) is 0 Å². The molecule has 2 atom stereocenters. The van der Waals surface area contributed by atoms with Crippen LogP contribution >= 0.6 is 0 Å². The van der Waals surface area contributed by atoms with Gasteiger partial charge in [-0.05, 0) is 40.0 Å². The molecule has 1 aliphatic rings. The number of nitrogens with zero attached hydrogens (tertiary/aromatic N) is 1. The largest absolute Gasteiger partial charge is 0.356 e. The summed E-state index contributed by atoms with van der Waals surface area (Å²) in [5, 5.41) is 9.98. The van der Waals surface area contributed by atoms with Crippen LogP contribution in [0.1, 0.15) is 40.0 Å². The van der Waals surface area contributed by atoms with E-state index in [-0.39, 0.29) is 12.6 Å². The quantitative estimate of drug-likeness (QED) is 0.749. The molecule has 108 valence electrons. The minimum Gasteiger partial charge on any atom is -0.356 e. The first-order valence-electron chi connectivity index (χ1n) is 6.31. The van der Waals surface area contributed by atoms with Gasteiger partial charge in [0, 0.05) is 12.6 Å². The summed E-state index contributed by atoms with van der Waals surface area (Å²) in [7, 11) is 0. The van der Waals surface area contributed by atoms with Gasteiger partial charge in [-0.2, -0.15) is 8.78 Å². The van der Waals surface area contributed by atoms with Crippen LogP contribution in [0.3, 0.4) is 0 Å². The fraction of sp³-hybridized carbons (Fsp3) is 1.00. The molecule has 1 saturated heterocycles. The molecule has 4 nitrogen and oxygen atoms in total. The van der Waals surface area contributed by atoms with Crippen molar-refractivity contribution < 1.29 is 23.4 Å². The third-order valence-corrected chi connectivity index (χ3v) is 2.86. The van der Waals surface area contributed by atoms with Crippen LogP contribution in [0.15, 0.2) is 0 Å². The summed E-state index contributed by atoms with van der Waals surface area (Å²) >= 11 is 0. The second kappa shape index (κ2) is 6.75. The summed E-state index contributed by atoms with van der Waals surface area (Å²) < 4.78 is 33.5. The predicted molar refractivity (Wildman–Crippen MR) is 63.1 cm³/mol. The van der Waals surface area contributed by atoms with Crippen molar-refractivity contribution in [2.45, 2.75) is 64.7 Å². The molecule has 6 heteroatoms. The summed E-state index contributed by atoms with van der Waals surface area (Å²) in [4.78, 5) is 1.81. The predicted octanol–water partition coefficient (Wildman–Crippen LogP) is 2.17. The number of rotatable bonds is 6. The Labute approximate surface area is 107 Å². The second-order valence-electron chi connectivity index (χ2n) is 5.51. The minimum atomic E-state index is -2.73. The van der Waals surface area contributed by atoms with E-state index < -0.39 is 18.6 Å². The highest BCUT2D eigenvalue weighted by Crippen LogP contribution is 2.24. The number of ether oxygens (including phenoxy) is 2. The van der Waals surface area contributed by atoms with Gasteiger partial charge in [0.1, 0.15) is 0 Å². The van der Waals surface area contributed by atoms with Crippen molar-refractivity contribution in [1.82, 2.24) is 4.90 Å². The van der Waals surface area contributed by atoms with E-state index in [0.29, 0.717) is 6.42 Å². The maximum Gasteiger partial charge on any atom is 0.345 e. The molecule has 0 amide bonds. The van der Waals surface area contributed by atoms with Gasteiger partial charge in [0.25, 0.3) is 0 Å². The molecule has 1 aliphatic heterocycles. The van der Waals surface area contributed by atoms with Gasteiger partial charge >= 0.3 is 6.61 Å². The Balaban J connectivity index is 2.39. The van der Waals surface area contributed by atoms with Gasteiger partial charge in [-0.1, -0.05) is 0 Å². The Hall–Kier alpha value is -0.300. The van der Waals surface area contributed by atoms with Gasteiger partial charge in [-0.25, -0.2) is 0 Å². The van der Waals surface area contributed by atoms with Crippen molar-refractivity contribution in [3.8, 4) is 0 Å². The van der Waals surface area contributed by atoms with Crippen molar-refractivity contribution in [2.24, 2.45) is 0 Å². The Morgan fingerprint density at radius 1 is 1.39 bits per heavy atom. The molecule has 1 fully saturated rings. The van der Waals surface area contributed by atoms with E-state index in [1.165, 1.54) is 0 Å². The molecule has 1 N–H and O–H groups in total. The van der Waals surface area contributed by atoms with Gasteiger partial charge in [0.05, 0.1) is 12.2 Å². The van der Waals surface area contributed by atoms with Crippen LogP contribution in [0.4, 0.5) is 8.78 Å². The average molecular weight is 267 g/mol. The maximum atomic E-state index is 11.9. The third kappa shape index (κ3) is 5.56. The highest BCUT2D eigenvalue weighted by molar-refractivity contribution is 4.79. The molecule has 0 radical (unpaired) electrons. The molecule has 0 saturated carbocycles. The number of halogens is 2. The van der Waals surface area contributed by atoms with Crippen molar-refractivity contribution in [3.05, 3.63) is 0 Å². The van der Waals surface area contributed by atoms with E-state index in [0.717, 1.165) is 19.4 Å². The van der Waals surface area contributed by atoms with E-state index in [9.17, 15) is 13.9 Å². The number of alkyl halides is 2. The zero-order valence-corrected chi connectivity index (χ0v) is 11.2. The second-order valence-corrected chi connectivity index (χ2v) is 5.51. The van der Waals surface area contributed by atoms with Crippen LogP contribution in [0, 0.1) is 0 Å². The van der Waals surface area contributed by atoms with Gasteiger partial charge in [0.2, 0.25) is 6.41 Å². The Morgan fingerprint density at radius 3 is 2.61 bits per heavy atom. The van der Waals surface area contributed by atoms with Gasteiger partial charge < -0.3 is 14.6 Å². The van der Waals surface area contributed by atoms with Gasteiger partial charge in [-0.3, -0.25) is 4.90 Å². The van der Waals surface area contributed by atoms with Crippen molar-refractivity contribution >= 4 is 0 Å². The Bertz CT molecular complexity index is 246. The summed E-state index contributed by atoms with van der Waals surface area (Å²) in [5.74, 6) is 0. The van der Waals surface area contributed by atoms with Crippen LogP contribution in [0.5, 0.6) is 0 Å². The fourth-order valence-electron chi connectivity index (χ4n) is 2.14. The van der Waals surface area contributed by atoms with E-state index in [4.69, 9.17) is 4.74 Å². The molecule has 0 bridgehead atoms. The normalized spacial score (nSPS) is 23.8. The topological polar surface area (TPSA) is 41.9 Å². The summed E-state index contributed by atoms with van der Waals surface area (Å²) in [6.07, 6.45) is 1.31. The highest BCUT2D eigenvalue weighted by Gasteiger charge is 2.32. The highest BCUT2D eigenvalue weighted by atomic mass is 19.3. The molecule has 0 aromatic heterocycles. The Morgan fingerprint density at radius 2 is 2.06 bits per heavy atom. The van der Waals surface area contributed by atoms with E-state index >= 15 is 0 Å². The number of likely N-dealkylation sites (tertiary alicyclic amines) is 1. The number of aliphatic hydroxyl groups excluding tert-OH is 1. The number of hydrogen-bond donors (Lipinski definition) is 1. The van der Waals surface area contributed by atoms with Crippen molar-refractivity contribution in [2.75, 3.05) is 13.2 Å². The molecular formula is C12H23F2NO3. The molecule has 0 aromatic rings. The average Bonchev–Trinajstić information content (AvgIpc) is 2.62. The molecule has 2 unspecified atom stereocenters. The van der Waals surface area contributed by atoms with Crippen LogP contribution < -0.4 is 0 Å². The standard InChI is InChI=1S/C12H23F2NO3/c1-12(2,3)18-11(16)15-7-4-5-9(15)6-8-17-10(13)14/h9-11,16H,4-8H2,1-3H3. The third-order valence-electron chi connectivity index (χ3n) is 2.86. The molecule has 0 spiro atoms. The minimum absolute atomic E-state index is 0.00106. The lowest BCUT2D eigenvalue weighted by Gasteiger charge is -2.33. The molecule has 1 rings (SSSR count). The lowest BCUT2D eigenvalue weighted by Crippen LogP contribution is -2.44. The van der Waals surface area contributed by atoms with E-state index in [2.05, 4.69) is 4.74 Å². The number of aliphatic hydroxyl groups is 1. The first-order valence-corrected chi connectivity index (χ1v) is 6.31. The van der Waals surface area contributed by atoms with Crippen LogP contribution in [0.25, 0.3) is 0 Å². The molecular weight excluding hydrogens is 244 g/mol. The van der Waals surface area contributed by atoms with Crippen molar-refractivity contribution in [1.29, 1.82) is 0 Å². The smallest absolute Gasteiger partial charge is 0.345 e. The number of hydrogen-bond acceptors (Lipinski definition) is 4. The van der Waals surface area contributed by atoms with Crippen LogP contribution in [-0.2, 0) is 9.47 Å². The van der Waals surface area contributed by atoms with E-state index in [1.807, 2.05) is 20.8 Å². The van der Waals surface area contributed by atoms with Crippen LogP contribution in [-0.4, -0.2) is 47.8 Å². The van der Waals surface area contributed by atoms with E-state index in [1.54, 1.807) is 4.90 Å². The molecule has 0 aromatic carbocycles. The lowest BCUT2D eigenvalue weighted by molar-refractivity contribution is -0.243. The molecule has 18 heavy (non-hydrogen) atoms. The maximum absolute atomic E-state index is 11.9. The molecule has 0 aliphatic carbocycles. The SMILES string of the molecule is CC(C)(C)OC(O)N1CCCC1CCOC(F)F. The van der Waals surface area contributed by atoms with Gasteiger partial charge in [-0.15, -0.1) is 0 Å². The van der Waals surface area contributed by atoms with Gasteiger partial charge in [0.15, 0.2) is 0 Å².